The molecule has 2 rings (SSSR count). The minimum Gasteiger partial charge on any atom is -0.490 e. The fourth-order valence-electron chi connectivity index (χ4n) is 1.99. The molecule has 0 unspecified atom stereocenters. The van der Waals surface area contributed by atoms with E-state index in [1.54, 1.807) is 24.1 Å². The highest BCUT2D eigenvalue weighted by molar-refractivity contribution is 5.82. The number of carbonyl (C=O) groups excluding carboxylic acids is 1. The molecule has 0 saturated carbocycles. The number of benzene rings is 1. The first-order chi connectivity index (χ1) is 9.02. The molecule has 0 bridgehead atoms. The van der Waals surface area contributed by atoms with Crippen LogP contribution in [0.4, 0.5) is 11.4 Å². The highest BCUT2D eigenvalue weighted by Crippen LogP contribution is 2.31. The Balaban J connectivity index is 2.26. The summed E-state index contributed by atoms with van der Waals surface area (Å²) in [5, 5.41) is 10.8. The minimum atomic E-state index is -0.488. The van der Waals surface area contributed by atoms with Gasteiger partial charge in [-0.1, -0.05) is 0 Å². The molecule has 1 aliphatic heterocycles. The van der Waals surface area contributed by atoms with Crippen molar-refractivity contribution in [2.75, 3.05) is 38.7 Å². The molecule has 1 aliphatic rings. The third-order valence-corrected chi connectivity index (χ3v) is 3.18. The second kappa shape index (κ2) is 5.13. The second-order valence-electron chi connectivity index (χ2n) is 4.35. The first-order valence-electron chi connectivity index (χ1n) is 5.84. The van der Waals surface area contributed by atoms with E-state index in [0.29, 0.717) is 13.1 Å². The van der Waals surface area contributed by atoms with Gasteiger partial charge in [-0.05, 0) is 6.07 Å². The molecule has 0 radical (unpaired) electrons. The smallest absolute Gasteiger partial charge is 0.311 e. The van der Waals surface area contributed by atoms with Gasteiger partial charge >= 0.3 is 5.69 Å². The van der Waals surface area contributed by atoms with Crippen LogP contribution in [0.1, 0.15) is 0 Å². The minimum absolute atomic E-state index is 0.0311. The zero-order chi connectivity index (χ0) is 14.0. The molecule has 1 heterocycles. The van der Waals surface area contributed by atoms with Gasteiger partial charge in [-0.3, -0.25) is 14.9 Å². The molecule has 7 heteroatoms. The Hall–Kier alpha value is -2.31. The van der Waals surface area contributed by atoms with Crippen LogP contribution in [0.3, 0.4) is 0 Å². The van der Waals surface area contributed by atoms with Crippen LogP contribution >= 0.6 is 0 Å². The number of anilines is 1. The predicted octanol–water partition coefficient (Wildman–Crippen LogP) is 0.882. The van der Waals surface area contributed by atoms with E-state index in [1.807, 2.05) is 4.90 Å². The lowest BCUT2D eigenvalue weighted by Crippen LogP contribution is -2.48. The van der Waals surface area contributed by atoms with Crippen LogP contribution in [0.2, 0.25) is 0 Å². The number of piperazine rings is 1. The van der Waals surface area contributed by atoms with Crippen molar-refractivity contribution in [1.82, 2.24) is 4.90 Å². The van der Waals surface area contributed by atoms with Gasteiger partial charge in [0.05, 0.1) is 18.6 Å². The predicted molar refractivity (Wildman–Crippen MR) is 69.5 cm³/mol. The molecule has 1 fully saturated rings. The van der Waals surface area contributed by atoms with E-state index < -0.39 is 4.92 Å². The first-order valence-corrected chi connectivity index (χ1v) is 5.84. The van der Waals surface area contributed by atoms with E-state index in [1.165, 1.54) is 13.2 Å². The number of carbonyl (C=O) groups is 1. The SMILES string of the molecule is COc1cc(N2CCN(C)C(=O)C2)ccc1[N+](=O)[O-]. The molecule has 1 amide bonds. The summed E-state index contributed by atoms with van der Waals surface area (Å²) in [6.45, 7) is 1.61. The third kappa shape index (κ3) is 2.59. The van der Waals surface area contributed by atoms with E-state index >= 15 is 0 Å². The maximum Gasteiger partial charge on any atom is 0.311 e. The highest BCUT2D eigenvalue weighted by atomic mass is 16.6. The first kappa shape index (κ1) is 13.1. The number of nitro groups is 1. The maximum absolute atomic E-state index is 11.7. The number of hydrogen-bond acceptors (Lipinski definition) is 5. The van der Waals surface area contributed by atoms with Crippen molar-refractivity contribution in [3.63, 3.8) is 0 Å². The number of nitrogens with zero attached hydrogens (tertiary/aromatic N) is 3. The summed E-state index contributed by atoms with van der Waals surface area (Å²) in [6, 6.07) is 4.63. The molecule has 0 spiro atoms. The van der Waals surface area contributed by atoms with E-state index in [0.717, 1.165) is 5.69 Å². The molecule has 0 N–H and O–H groups in total. The van der Waals surface area contributed by atoms with Crippen molar-refractivity contribution in [3.8, 4) is 5.75 Å². The maximum atomic E-state index is 11.7. The van der Waals surface area contributed by atoms with Crippen LogP contribution in [0.5, 0.6) is 5.75 Å². The molecule has 19 heavy (non-hydrogen) atoms. The Labute approximate surface area is 110 Å². The topological polar surface area (TPSA) is 75.9 Å². The van der Waals surface area contributed by atoms with E-state index in [9.17, 15) is 14.9 Å². The van der Waals surface area contributed by atoms with Crippen molar-refractivity contribution in [2.45, 2.75) is 0 Å². The summed E-state index contributed by atoms with van der Waals surface area (Å²) in [6.07, 6.45) is 0. The van der Waals surface area contributed by atoms with Gasteiger partial charge in [-0.25, -0.2) is 0 Å². The number of likely N-dealkylation sites (N-methyl/N-ethyl adjacent to an activating group) is 1. The lowest BCUT2D eigenvalue weighted by molar-refractivity contribution is -0.385. The molecule has 7 nitrogen and oxygen atoms in total. The number of methoxy groups -OCH3 is 1. The Morgan fingerprint density at radius 3 is 2.68 bits per heavy atom. The van der Waals surface area contributed by atoms with E-state index in [-0.39, 0.29) is 23.9 Å². The molecule has 0 atom stereocenters. The summed E-state index contributed by atoms with van der Waals surface area (Å²) in [5.74, 6) is 0.234. The van der Waals surface area contributed by atoms with Gasteiger partial charge in [0.15, 0.2) is 5.75 Å². The molecule has 1 saturated heterocycles. The molecular weight excluding hydrogens is 250 g/mol. The summed E-state index contributed by atoms with van der Waals surface area (Å²) in [5.41, 5.74) is 0.676. The molecule has 1 aromatic rings. The summed E-state index contributed by atoms with van der Waals surface area (Å²) < 4.78 is 5.02. The number of amides is 1. The van der Waals surface area contributed by atoms with Gasteiger partial charge in [-0.15, -0.1) is 0 Å². The monoisotopic (exact) mass is 265 g/mol. The van der Waals surface area contributed by atoms with Crippen LogP contribution < -0.4 is 9.64 Å². The molecule has 0 aromatic heterocycles. The van der Waals surface area contributed by atoms with Crippen LogP contribution in [0.25, 0.3) is 0 Å². The van der Waals surface area contributed by atoms with Gasteiger partial charge < -0.3 is 14.5 Å². The normalized spacial score (nSPS) is 15.6. The zero-order valence-corrected chi connectivity index (χ0v) is 10.8. The highest BCUT2D eigenvalue weighted by Gasteiger charge is 2.23. The number of hydrogen-bond donors (Lipinski definition) is 0. The van der Waals surface area contributed by atoms with Crippen molar-refractivity contribution in [1.29, 1.82) is 0 Å². The number of rotatable bonds is 3. The fourth-order valence-corrected chi connectivity index (χ4v) is 1.99. The second-order valence-corrected chi connectivity index (χ2v) is 4.35. The summed E-state index contributed by atoms with van der Waals surface area (Å²) in [7, 11) is 3.15. The van der Waals surface area contributed by atoms with Gasteiger partial charge in [-0.2, -0.15) is 0 Å². The van der Waals surface area contributed by atoms with Crippen LogP contribution in [-0.4, -0.2) is 49.5 Å². The largest absolute Gasteiger partial charge is 0.490 e. The number of ether oxygens (including phenoxy) is 1. The van der Waals surface area contributed by atoms with E-state index in [4.69, 9.17) is 4.74 Å². The Morgan fingerprint density at radius 2 is 2.11 bits per heavy atom. The van der Waals surface area contributed by atoms with Crippen molar-refractivity contribution >= 4 is 17.3 Å². The lowest BCUT2D eigenvalue weighted by atomic mass is 10.2. The standard InChI is InChI=1S/C12H15N3O4/c1-13-5-6-14(8-12(13)16)9-3-4-10(15(17)18)11(7-9)19-2/h3-4,7H,5-6,8H2,1-2H3. The molecule has 1 aromatic carbocycles. The van der Waals surface area contributed by atoms with Crippen molar-refractivity contribution in [3.05, 3.63) is 28.3 Å². The van der Waals surface area contributed by atoms with Crippen LogP contribution in [0, 0.1) is 10.1 Å². The summed E-state index contributed by atoms with van der Waals surface area (Å²) >= 11 is 0. The van der Waals surface area contributed by atoms with E-state index in [2.05, 4.69) is 0 Å². The summed E-state index contributed by atoms with van der Waals surface area (Å²) in [4.78, 5) is 25.5. The van der Waals surface area contributed by atoms with Gasteiger partial charge in [0.25, 0.3) is 0 Å². The van der Waals surface area contributed by atoms with Gasteiger partial charge in [0, 0.05) is 38.0 Å². The Morgan fingerprint density at radius 1 is 1.37 bits per heavy atom. The average molecular weight is 265 g/mol. The van der Waals surface area contributed by atoms with Crippen molar-refractivity contribution in [2.24, 2.45) is 0 Å². The van der Waals surface area contributed by atoms with Crippen LogP contribution in [0.15, 0.2) is 18.2 Å². The lowest BCUT2D eigenvalue weighted by Gasteiger charge is -2.33. The zero-order valence-electron chi connectivity index (χ0n) is 10.8. The Kier molecular flexibility index (Phi) is 3.55. The van der Waals surface area contributed by atoms with Gasteiger partial charge in [0.1, 0.15) is 0 Å². The molecule has 0 aliphatic carbocycles. The van der Waals surface area contributed by atoms with Gasteiger partial charge in [0.2, 0.25) is 5.91 Å². The third-order valence-electron chi connectivity index (χ3n) is 3.18. The fraction of sp³-hybridized carbons (Fsp3) is 0.417. The quantitative estimate of drug-likeness (QED) is 0.599. The number of nitro benzene ring substituents is 1. The Bertz CT molecular complexity index is 518. The molecule has 102 valence electrons. The molecular formula is C12H15N3O4. The van der Waals surface area contributed by atoms with Crippen LogP contribution in [-0.2, 0) is 4.79 Å². The van der Waals surface area contributed by atoms with Crippen molar-refractivity contribution < 1.29 is 14.5 Å². The average Bonchev–Trinajstić information content (AvgIpc) is 2.41.